The third kappa shape index (κ3) is 4.50. The van der Waals surface area contributed by atoms with Crippen LogP contribution in [0.4, 0.5) is 0 Å². The summed E-state index contributed by atoms with van der Waals surface area (Å²) in [6.45, 7) is 2.69. The zero-order chi connectivity index (χ0) is 23.2. The molecule has 0 bridgehead atoms. The predicted octanol–water partition coefficient (Wildman–Crippen LogP) is 3.87. The third-order valence-corrected chi connectivity index (χ3v) is 7.01. The fourth-order valence-corrected chi connectivity index (χ4v) is 4.90. The number of hydrogen-bond donors (Lipinski definition) is 3. The molecule has 0 spiro atoms. The van der Waals surface area contributed by atoms with Crippen LogP contribution in [0, 0.1) is 12.8 Å². The van der Waals surface area contributed by atoms with Crippen molar-refractivity contribution < 1.29 is 19.0 Å². The molecule has 0 atom stereocenters. The maximum absolute atomic E-state index is 13.3. The summed E-state index contributed by atoms with van der Waals surface area (Å²) in [6.07, 6.45) is 7.51. The van der Waals surface area contributed by atoms with Crippen LogP contribution < -0.4 is 25.3 Å². The Hall–Kier alpha value is -3.04. The van der Waals surface area contributed by atoms with Gasteiger partial charge in [-0.25, -0.2) is 9.97 Å². The molecule has 10 heteroatoms. The van der Waals surface area contributed by atoms with Gasteiger partial charge in [-0.05, 0) is 63.5 Å². The summed E-state index contributed by atoms with van der Waals surface area (Å²) in [6, 6.07) is 4.12. The van der Waals surface area contributed by atoms with Gasteiger partial charge in [0.05, 0.1) is 23.3 Å². The predicted molar refractivity (Wildman–Crippen MR) is 133 cm³/mol. The van der Waals surface area contributed by atoms with Gasteiger partial charge in [0.1, 0.15) is 23.3 Å². The summed E-state index contributed by atoms with van der Waals surface area (Å²) in [5, 5.41) is 3.18. The standard InChI is InChI=1S/C25H29N5O4.ClH/c1-13-19(25(31)30-16-6-4-15(26)5-7-16)21-23(29-13)22(28-11-27-21)20-17(32-10-14-2-3-14)8-9-18-24(20)34-12-33-18;/h8-9,11,14-16,29H,2-7,10,12,26H2,1H3,(H,30,31);1H. The highest BCUT2D eigenvalue weighted by Gasteiger charge is 2.30. The Balaban J connectivity index is 0.00000253. The molecule has 2 saturated carbocycles. The maximum atomic E-state index is 13.3. The van der Waals surface area contributed by atoms with E-state index in [1.165, 1.54) is 19.2 Å². The first-order chi connectivity index (χ1) is 16.6. The number of benzene rings is 1. The Morgan fingerprint density at radius 2 is 1.97 bits per heavy atom. The second-order valence-electron chi connectivity index (χ2n) is 9.58. The molecule has 3 aromatic rings. The molecule has 186 valence electrons. The van der Waals surface area contributed by atoms with Gasteiger partial charge >= 0.3 is 0 Å². The lowest BCUT2D eigenvalue weighted by Gasteiger charge is -2.26. The Bertz CT molecular complexity index is 1250. The van der Waals surface area contributed by atoms with Gasteiger partial charge in [0, 0.05) is 17.8 Å². The molecule has 3 heterocycles. The van der Waals surface area contributed by atoms with E-state index in [-0.39, 0.29) is 37.2 Å². The van der Waals surface area contributed by atoms with Crippen molar-refractivity contribution in [2.75, 3.05) is 13.4 Å². The SMILES string of the molecule is Cc1[nH]c2c(-c3c(OCC4CC4)ccc4c3OCO4)ncnc2c1C(=O)NC1CCC(N)CC1.Cl. The Morgan fingerprint density at radius 3 is 2.74 bits per heavy atom. The number of fused-ring (bicyclic) bond motifs is 2. The van der Waals surface area contributed by atoms with E-state index in [1.54, 1.807) is 0 Å². The third-order valence-electron chi connectivity index (χ3n) is 7.01. The lowest BCUT2D eigenvalue weighted by atomic mass is 9.91. The van der Waals surface area contributed by atoms with Crippen molar-refractivity contribution in [2.24, 2.45) is 11.7 Å². The van der Waals surface area contributed by atoms with Crippen molar-refractivity contribution in [2.45, 2.75) is 57.5 Å². The van der Waals surface area contributed by atoms with E-state index in [0.717, 1.165) is 36.9 Å². The molecule has 2 aromatic heterocycles. The second-order valence-corrected chi connectivity index (χ2v) is 9.58. The van der Waals surface area contributed by atoms with Crippen LogP contribution in [-0.4, -0.2) is 46.3 Å². The molecule has 9 nitrogen and oxygen atoms in total. The van der Waals surface area contributed by atoms with Crippen LogP contribution in [0.25, 0.3) is 22.3 Å². The van der Waals surface area contributed by atoms with Gasteiger partial charge in [-0.2, -0.15) is 0 Å². The lowest BCUT2D eigenvalue weighted by molar-refractivity contribution is 0.0927. The fourth-order valence-electron chi connectivity index (χ4n) is 4.90. The molecule has 2 aliphatic carbocycles. The van der Waals surface area contributed by atoms with Gasteiger partial charge in [0.2, 0.25) is 6.79 Å². The van der Waals surface area contributed by atoms with E-state index in [4.69, 9.17) is 19.9 Å². The molecule has 1 aliphatic heterocycles. The molecule has 4 N–H and O–H groups in total. The molecule has 1 aromatic carbocycles. The molecule has 2 fully saturated rings. The van der Waals surface area contributed by atoms with Crippen LogP contribution in [-0.2, 0) is 0 Å². The quantitative estimate of drug-likeness (QED) is 0.470. The number of aromatic amines is 1. The molecule has 35 heavy (non-hydrogen) atoms. The van der Waals surface area contributed by atoms with Crippen molar-refractivity contribution in [1.29, 1.82) is 0 Å². The number of nitrogens with two attached hydrogens (primary N) is 1. The van der Waals surface area contributed by atoms with Crippen molar-refractivity contribution in [1.82, 2.24) is 20.3 Å². The summed E-state index contributed by atoms with van der Waals surface area (Å²) in [7, 11) is 0. The van der Waals surface area contributed by atoms with Crippen LogP contribution in [0.15, 0.2) is 18.5 Å². The molecule has 0 saturated heterocycles. The van der Waals surface area contributed by atoms with Crippen LogP contribution in [0.2, 0.25) is 0 Å². The van der Waals surface area contributed by atoms with E-state index in [0.29, 0.717) is 52.1 Å². The highest BCUT2D eigenvalue weighted by Crippen LogP contribution is 2.48. The van der Waals surface area contributed by atoms with E-state index in [2.05, 4.69) is 20.3 Å². The highest BCUT2D eigenvalue weighted by atomic mass is 35.5. The Labute approximate surface area is 209 Å². The van der Waals surface area contributed by atoms with Gasteiger partial charge in [0.25, 0.3) is 5.91 Å². The average Bonchev–Trinajstić information content (AvgIpc) is 3.42. The summed E-state index contributed by atoms with van der Waals surface area (Å²) < 4.78 is 17.6. The zero-order valence-corrected chi connectivity index (χ0v) is 20.5. The average molecular weight is 500 g/mol. The number of aromatic nitrogens is 3. The number of nitrogens with one attached hydrogen (secondary N) is 2. The summed E-state index contributed by atoms with van der Waals surface area (Å²) in [5.74, 6) is 2.41. The summed E-state index contributed by atoms with van der Waals surface area (Å²) in [4.78, 5) is 25.7. The van der Waals surface area contributed by atoms with Gasteiger partial charge in [-0.15, -0.1) is 12.4 Å². The zero-order valence-electron chi connectivity index (χ0n) is 19.6. The van der Waals surface area contributed by atoms with E-state index < -0.39 is 0 Å². The molecule has 0 unspecified atom stereocenters. The first-order valence-corrected chi connectivity index (χ1v) is 12.0. The van der Waals surface area contributed by atoms with E-state index in [9.17, 15) is 4.79 Å². The number of carbonyl (C=O) groups is 1. The topological polar surface area (TPSA) is 124 Å². The molecular weight excluding hydrogens is 470 g/mol. The van der Waals surface area contributed by atoms with Gasteiger partial charge in [-0.3, -0.25) is 4.79 Å². The number of hydrogen-bond acceptors (Lipinski definition) is 7. The van der Waals surface area contributed by atoms with Gasteiger partial charge < -0.3 is 30.2 Å². The maximum Gasteiger partial charge on any atom is 0.255 e. The first-order valence-electron chi connectivity index (χ1n) is 12.0. The minimum absolute atomic E-state index is 0. The smallest absolute Gasteiger partial charge is 0.255 e. The molecule has 0 radical (unpaired) electrons. The van der Waals surface area contributed by atoms with E-state index >= 15 is 0 Å². The van der Waals surface area contributed by atoms with Crippen molar-refractivity contribution in [3.8, 4) is 28.5 Å². The minimum atomic E-state index is -0.128. The normalized spacial score (nSPS) is 21.0. The Kier molecular flexibility index (Phi) is 6.46. The molecule has 1 amide bonds. The number of halogens is 1. The highest BCUT2D eigenvalue weighted by molar-refractivity contribution is 6.09. The van der Waals surface area contributed by atoms with Gasteiger partial charge in [0.15, 0.2) is 11.5 Å². The number of nitrogens with zero attached hydrogens (tertiary/aromatic N) is 2. The molecule has 6 rings (SSSR count). The lowest BCUT2D eigenvalue weighted by Crippen LogP contribution is -2.40. The fraction of sp³-hybridized carbons (Fsp3) is 0.480. The number of aryl methyl sites for hydroxylation is 1. The van der Waals surface area contributed by atoms with Crippen LogP contribution >= 0.6 is 12.4 Å². The van der Waals surface area contributed by atoms with Crippen molar-refractivity contribution >= 4 is 29.3 Å². The Morgan fingerprint density at radius 1 is 1.17 bits per heavy atom. The van der Waals surface area contributed by atoms with Crippen molar-refractivity contribution in [3.63, 3.8) is 0 Å². The van der Waals surface area contributed by atoms with E-state index in [1.807, 2.05) is 19.1 Å². The number of rotatable bonds is 6. The number of carbonyl (C=O) groups excluding carboxylic acids is 1. The summed E-state index contributed by atoms with van der Waals surface area (Å²) >= 11 is 0. The number of ether oxygens (including phenoxy) is 3. The monoisotopic (exact) mass is 499 g/mol. The minimum Gasteiger partial charge on any atom is -0.492 e. The van der Waals surface area contributed by atoms with Crippen LogP contribution in [0.5, 0.6) is 17.2 Å². The summed E-state index contributed by atoms with van der Waals surface area (Å²) in [5.41, 5.74) is 9.91. The van der Waals surface area contributed by atoms with Crippen molar-refractivity contribution in [3.05, 3.63) is 29.7 Å². The number of H-pyrrole nitrogens is 1. The first kappa shape index (κ1) is 23.7. The largest absolute Gasteiger partial charge is 0.492 e. The van der Waals surface area contributed by atoms with Gasteiger partial charge in [-0.1, -0.05) is 0 Å². The second kappa shape index (κ2) is 9.54. The molecular formula is C25H30ClN5O4. The number of amides is 1. The molecule has 3 aliphatic rings. The van der Waals surface area contributed by atoms with Crippen LogP contribution in [0.1, 0.15) is 54.6 Å². The van der Waals surface area contributed by atoms with Crippen LogP contribution in [0.3, 0.4) is 0 Å².